The van der Waals surface area contributed by atoms with Crippen LogP contribution in [-0.4, -0.2) is 0 Å². The largest absolute Gasteiger partial charge is 0.355 e. The van der Waals surface area contributed by atoms with Crippen molar-refractivity contribution < 1.29 is 0 Å². The van der Waals surface area contributed by atoms with Gasteiger partial charge in [-0.1, -0.05) is 78.9 Å². The number of rotatable bonds is 3. The van der Waals surface area contributed by atoms with E-state index in [1.54, 1.807) is 0 Å². The average Bonchev–Trinajstić information content (AvgIpc) is 2.63. The Morgan fingerprint density at radius 3 is 2.43 bits per heavy atom. The second kappa shape index (κ2) is 6.13. The molecule has 0 amide bonds. The predicted molar refractivity (Wildman–Crippen MR) is 99.3 cm³/mol. The number of para-hydroxylation sites is 1. The fraction of sp³-hybridized carbons (Fsp3) is 0.0909. The molecule has 0 bridgehead atoms. The van der Waals surface area contributed by atoms with Crippen LogP contribution in [-0.2, 0) is 0 Å². The molecule has 1 unspecified atom stereocenters. The molecular weight excluding hydrogens is 278 g/mol. The van der Waals surface area contributed by atoms with Gasteiger partial charge in [0.2, 0.25) is 0 Å². The summed E-state index contributed by atoms with van der Waals surface area (Å²) in [6.07, 6.45) is 9.84. The van der Waals surface area contributed by atoms with Crippen molar-refractivity contribution in [3.8, 4) is 0 Å². The highest BCUT2D eigenvalue weighted by atomic mass is 14.9. The lowest BCUT2D eigenvalue weighted by Gasteiger charge is -2.19. The summed E-state index contributed by atoms with van der Waals surface area (Å²) in [4.78, 5) is 0. The molecule has 3 aromatic carbocycles. The second-order valence-electron chi connectivity index (χ2n) is 5.89. The summed E-state index contributed by atoms with van der Waals surface area (Å²) in [6.45, 7) is 0. The lowest BCUT2D eigenvalue weighted by Crippen LogP contribution is -2.02. The van der Waals surface area contributed by atoms with Gasteiger partial charge in [-0.15, -0.1) is 0 Å². The Hall–Kier alpha value is -2.80. The summed E-state index contributed by atoms with van der Waals surface area (Å²) in [5.74, 6) is 0.443. The third-order valence-electron chi connectivity index (χ3n) is 4.40. The normalized spacial score (nSPS) is 16.6. The van der Waals surface area contributed by atoms with E-state index in [9.17, 15) is 0 Å². The lowest BCUT2D eigenvalue weighted by molar-refractivity contribution is 0.856. The Morgan fingerprint density at radius 2 is 1.52 bits per heavy atom. The highest BCUT2D eigenvalue weighted by Gasteiger charge is 2.13. The van der Waals surface area contributed by atoms with E-state index in [-0.39, 0.29) is 0 Å². The molecule has 1 N–H and O–H groups in total. The van der Waals surface area contributed by atoms with Crippen LogP contribution in [0.15, 0.2) is 91.0 Å². The lowest BCUT2D eigenvalue weighted by atomic mass is 9.91. The number of hydrogen-bond acceptors (Lipinski definition) is 1. The number of fused-ring (bicyclic) bond motifs is 1. The quantitative estimate of drug-likeness (QED) is 0.608. The van der Waals surface area contributed by atoms with Gasteiger partial charge >= 0.3 is 0 Å². The van der Waals surface area contributed by atoms with Gasteiger partial charge in [0.05, 0.1) is 0 Å². The Morgan fingerprint density at radius 1 is 0.739 bits per heavy atom. The summed E-state index contributed by atoms with van der Waals surface area (Å²) in [7, 11) is 0. The standard InChI is InChI=1S/C22H19N/c1-2-9-17(10-3-1)19-14-6-7-15-21(19)23-22-16-8-12-18-11-4-5-13-20(18)22/h1-9,11-17,23H,10H2. The number of hydrogen-bond donors (Lipinski definition) is 1. The zero-order valence-electron chi connectivity index (χ0n) is 12.9. The maximum atomic E-state index is 3.65. The Bertz CT molecular complexity index is 884. The van der Waals surface area contributed by atoms with Crippen LogP contribution in [0.2, 0.25) is 0 Å². The van der Waals surface area contributed by atoms with Crippen molar-refractivity contribution in [2.24, 2.45) is 0 Å². The van der Waals surface area contributed by atoms with Crippen LogP contribution in [0.3, 0.4) is 0 Å². The fourth-order valence-corrected chi connectivity index (χ4v) is 3.22. The van der Waals surface area contributed by atoms with E-state index < -0.39 is 0 Å². The van der Waals surface area contributed by atoms with Crippen molar-refractivity contribution in [3.05, 3.63) is 96.6 Å². The highest BCUT2D eigenvalue weighted by Crippen LogP contribution is 2.34. The first-order chi connectivity index (χ1) is 11.4. The fourth-order valence-electron chi connectivity index (χ4n) is 3.22. The van der Waals surface area contributed by atoms with Gasteiger partial charge in [0.1, 0.15) is 0 Å². The van der Waals surface area contributed by atoms with E-state index >= 15 is 0 Å². The summed E-state index contributed by atoms with van der Waals surface area (Å²) in [5.41, 5.74) is 3.70. The van der Waals surface area contributed by atoms with Crippen LogP contribution < -0.4 is 5.32 Å². The maximum absolute atomic E-state index is 3.65. The molecule has 1 heteroatoms. The third kappa shape index (κ3) is 2.78. The smallest absolute Gasteiger partial charge is 0.0463 e. The minimum Gasteiger partial charge on any atom is -0.355 e. The van der Waals surface area contributed by atoms with Gasteiger partial charge in [0.25, 0.3) is 0 Å². The minimum atomic E-state index is 0.443. The van der Waals surface area contributed by atoms with Crippen LogP contribution in [0, 0.1) is 0 Å². The van der Waals surface area contributed by atoms with Gasteiger partial charge in [0.15, 0.2) is 0 Å². The number of benzene rings is 3. The first-order valence-corrected chi connectivity index (χ1v) is 8.09. The van der Waals surface area contributed by atoms with Gasteiger partial charge in [-0.2, -0.15) is 0 Å². The van der Waals surface area contributed by atoms with E-state index in [4.69, 9.17) is 0 Å². The molecular formula is C22H19N. The van der Waals surface area contributed by atoms with Crippen molar-refractivity contribution in [2.45, 2.75) is 12.3 Å². The average molecular weight is 297 g/mol. The SMILES string of the molecule is C1=CCC(c2ccccc2Nc2cccc3ccccc23)C=C1. The predicted octanol–water partition coefficient (Wildman–Crippen LogP) is 6.18. The van der Waals surface area contributed by atoms with Crippen LogP contribution in [0.1, 0.15) is 17.9 Å². The van der Waals surface area contributed by atoms with E-state index in [1.807, 2.05) is 0 Å². The first-order valence-electron chi connectivity index (χ1n) is 8.09. The molecule has 23 heavy (non-hydrogen) atoms. The molecule has 0 heterocycles. The van der Waals surface area contributed by atoms with Crippen molar-refractivity contribution in [2.75, 3.05) is 5.32 Å². The molecule has 0 aromatic heterocycles. The number of allylic oxidation sites excluding steroid dienone is 4. The van der Waals surface area contributed by atoms with E-state index in [0.717, 1.165) is 12.1 Å². The molecule has 1 nitrogen and oxygen atoms in total. The minimum absolute atomic E-state index is 0.443. The topological polar surface area (TPSA) is 12.0 Å². The number of anilines is 2. The number of nitrogens with one attached hydrogen (secondary N) is 1. The first kappa shape index (κ1) is 13.8. The van der Waals surface area contributed by atoms with E-state index in [1.165, 1.54) is 22.0 Å². The van der Waals surface area contributed by atoms with Gasteiger partial charge < -0.3 is 5.32 Å². The maximum Gasteiger partial charge on any atom is 0.0463 e. The molecule has 3 aromatic rings. The molecule has 0 saturated carbocycles. The summed E-state index contributed by atoms with van der Waals surface area (Å²) < 4.78 is 0. The molecule has 0 radical (unpaired) electrons. The van der Waals surface area contributed by atoms with E-state index in [2.05, 4.69) is 96.4 Å². The zero-order chi connectivity index (χ0) is 15.5. The second-order valence-corrected chi connectivity index (χ2v) is 5.89. The van der Waals surface area contributed by atoms with Crippen LogP contribution >= 0.6 is 0 Å². The van der Waals surface area contributed by atoms with Gasteiger partial charge in [-0.05, 0) is 29.5 Å². The van der Waals surface area contributed by atoms with Crippen LogP contribution in [0.25, 0.3) is 10.8 Å². The summed E-state index contributed by atoms with van der Waals surface area (Å²) in [6, 6.07) is 23.5. The Kier molecular flexibility index (Phi) is 3.69. The Labute approximate surface area is 137 Å². The van der Waals surface area contributed by atoms with Gasteiger partial charge in [-0.3, -0.25) is 0 Å². The van der Waals surface area contributed by atoms with Gasteiger partial charge in [0, 0.05) is 22.7 Å². The van der Waals surface area contributed by atoms with Crippen LogP contribution in [0.5, 0.6) is 0 Å². The van der Waals surface area contributed by atoms with Crippen LogP contribution in [0.4, 0.5) is 11.4 Å². The highest BCUT2D eigenvalue weighted by molar-refractivity contribution is 5.95. The Balaban J connectivity index is 1.74. The molecule has 0 aliphatic heterocycles. The van der Waals surface area contributed by atoms with Crippen molar-refractivity contribution in [1.82, 2.24) is 0 Å². The van der Waals surface area contributed by atoms with E-state index in [0.29, 0.717) is 5.92 Å². The molecule has 1 aliphatic rings. The molecule has 1 aliphatic carbocycles. The third-order valence-corrected chi connectivity index (χ3v) is 4.40. The van der Waals surface area contributed by atoms with Gasteiger partial charge in [-0.25, -0.2) is 0 Å². The molecule has 1 atom stereocenters. The van der Waals surface area contributed by atoms with Crippen molar-refractivity contribution in [1.29, 1.82) is 0 Å². The van der Waals surface area contributed by atoms with Crippen molar-refractivity contribution in [3.63, 3.8) is 0 Å². The molecule has 0 fully saturated rings. The monoisotopic (exact) mass is 297 g/mol. The zero-order valence-corrected chi connectivity index (χ0v) is 12.9. The summed E-state index contributed by atoms with van der Waals surface area (Å²) in [5, 5.41) is 6.17. The molecule has 0 spiro atoms. The molecule has 4 rings (SSSR count). The summed E-state index contributed by atoms with van der Waals surface area (Å²) >= 11 is 0. The molecule has 112 valence electrons. The van der Waals surface area contributed by atoms with Crippen molar-refractivity contribution >= 4 is 22.1 Å². The molecule has 0 saturated heterocycles.